The second-order valence-corrected chi connectivity index (χ2v) is 3.91. The Labute approximate surface area is 96.8 Å². The summed E-state index contributed by atoms with van der Waals surface area (Å²) in [6.07, 6.45) is 3.75. The van der Waals surface area contributed by atoms with Crippen molar-refractivity contribution >= 4 is 0 Å². The average molecular weight is 217 g/mol. The normalized spacial score (nSPS) is 16.4. The maximum Gasteiger partial charge on any atom is 0.0468 e. The van der Waals surface area contributed by atoms with Gasteiger partial charge in [-0.05, 0) is 18.3 Å². The van der Waals surface area contributed by atoms with E-state index in [4.69, 9.17) is 4.74 Å². The third-order valence-corrected chi connectivity index (χ3v) is 2.59. The third-order valence-electron chi connectivity index (χ3n) is 2.59. The first-order chi connectivity index (χ1) is 7.24. The zero-order valence-electron chi connectivity index (χ0n) is 11.7. The summed E-state index contributed by atoms with van der Waals surface area (Å²) in [5.41, 5.74) is 0.579. The van der Waals surface area contributed by atoms with Crippen molar-refractivity contribution in [2.75, 3.05) is 26.8 Å². The Balaban J connectivity index is 0. The third kappa shape index (κ3) is 7.80. The second kappa shape index (κ2) is 12.0. The van der Waals surface area contributed by atoms with Crippen LogP contribution in [0.1, 0.15) is 53.9 Å². The zero-order chi connectivity index (χ0) is 12.2. The molecule has 1 N–H and O–H groups in total. The summed E-state index contributed by atoms with van der Waals surface area (Å²) in [5, 5.41) is 3.31. The molecule has 1 aliphatic rings. The van der Waals surface area contributed by atoms with Crippen molar-refractivity contribution < 1.29 is 4.74 Å². The van der Waals surface area contributed by atoms with Crippen molar-refractivity contribution in [2.24, 2.45) is 5.41 Å². The molecule has 0 aromatic carbocycles. The van der Waals surface area contributed by atoms with E-state index in [9.17, 15) is 0 Å². The minimum Gasteiger partial charge on any atom is -0.385 e. The molecule has 15 heavy (non-hydrogen) atoms. The van der Waals surface area contributed by atoms with E-state index in [0.29, 0.717) is 5.41 Å². The minimum atomic E-state index is 0.579. The summed E-state index contributed by atoms with van der Waals surface area (Å²) >= 11 is 0. The number of rotatable bonds is 4. The first-order valence-corrected chi connectivity index (χ1v) is 6.44. The largest absolute Gasteiger partial charge is 0.385 e. The molecule has 1 heterocycles. The molecule has 0 bridgehead atoms. The van der Waals surface area contributed by atoms with Gasteiger partial charge in [0.25, 0.3) is 0 Å². The number of ether oxygens (including phenoxy) is 1. The van der Waals surface area contributed by atoms with Crippen LogP contribution in [0, 0.1) is 5.41 Å². The maximum atomic E-state index is 5.05. The number of nitrogens with one attached hydrogen (secondary N) is 1. The molecule has 94 valence electrons. The Morgan fingerprint density at radius 2 is 1.60 bits per heavy atom. The van der Waals surface area contributed by atoms with Gasteiger partial charge in [0, 0.05) is 26.8 Å². The van der Waals surface area contributed by atoms with Gasteiger partial charge in [-0.3, -0.25) is 0 Å². The highest BCUT2D eigenvalue weighted by atomic mass is 16.5. The van der Waals surface area contributed by atoms with Gasteiger partial charge in [0.2, 0.25) is 0 Å². The molecule has 0 aromatic rings. The highest BCUT2D eigenvalue weighted by molar-refractivity contribution is 4.90. The fraction of sp³-hybridized carbons (Fsp3) is 1.00. The molecule has 0 atom stereocenters. The molecular weight excluding hydrogens is 186 g/mol. The lowest BCUT2D eigenvalue weighted by Gasteiger charge is -2.42. The van der Waals surface area contributed by atoms with E-state index in [1.54, 1.807) is 7.11 Å². The quantitative estimate of drug-likeness (QED) is 0.778. The molecule has 2 nitrogen and oxygen atoms in total. The first kappa shape index (κ1) is 17.3. The van der Waals surface area contributed by atoms with Crippen LogP contribution >= 0.6 is 0 Å². The fourth-order valence-corrected chi connectivity index (χ4v) is 1.40. The number of hydrogen-bond acceptors (Lipinski definition) is 2. The van der Waals surface area contributed by atoms with Crippen LogP contribution in [0.4, 0.5) is 0 Å². The highest BCUT2D eigenvalue weighted by Gasteiger charge is 2.33. The van der Waals surface area contributed by atoms with Crippen LogP contribution in [0.3, 0.4) is 0 Å². The molecule has 0 aliphatic carbocycles. The molecule has 0 amide bonds. The van der Waals surface area contributed by atoms with E-state index in [0.717, 1.165) is 6.61 Å². The van der Waals surface area contributed by atoms with Crippen molar-refractivity contribution in [1.82, 2.24) is 5.32 Å². The van der Waals surface area contributed by atoms with Crippen LogP contribution in [-0.4, -0.2) is 26.8 Å². The van der Waals surface area contributed by atoms with Crippen LogP contribution in [0.15, 0.2) is 0 Å². The molecule has 0 unspecified atom stereocenters. The average Bonchev–Trinajstić information content (AvgIpc) is 2.21. The lowest BCUT2D eigenvalue weighted by atomic mass is 9.77. The Bertz CT molecular complexity index is 106. The number of methoxy groups -OCH3 is 1. The van der Waals surface area contributed by atoms with Crippen molar-refractivity contribution in [3.05, 3.63) is 0 Å². The second-order valence-electron chi connectivity index (χ2n) is 3.91. The van der Waals surface area contributed by atoms with E-state index in [1.165, 1.54) is 32.4 Å². The van der Waals surface area contributed by atoms with Gasteiger partial charge in [-0.25, -0.2) is 0 Å². The number of hydrogen-bond donors (Lipinski definition) is 1. The Morgan fingerprint density at radius 3 is 1.80 bits per heavy atom. The van der Waals surface area contributed by atoms with Gasteiger partial charge in [-0.1, -0.05) is 41.0 Å². The fourth-order valence-electron chi connectivity index (χ4n) is 1.40. The lowest BCUT2D eigenvalue weighted by Crippen LogP contribution is -2.53. The summed E-state index contributed by atoms with van der Waals surface area (Å²) in [5.74, 6) is 0. The van der Waals surface area contributed by atoms with Gasteiger partial charge in [0.15, 0.2) is 0 Å². The predicted octanol–water partition coefficient (Wildman–Crippen LogP) is 3.47. The lowest BCUT2D eigenvalue weighted by molar-refractivity contribution is 0.0873. The highest BCUT2D eigenvalue weighted by Crippen LogP contribution is 2.30. The van der Waals surface area contributed by atoms with Crippen LogP contribution in [0.5, 0.6) is 0 Å². The minimum absolute atomic E-state index is 0.579. The van der Waals surface area contributed by atoms with Gasteiger partial charge >= 0.3 is 0 Å². The van der Waals surface area contributed by atoms with Gasteiger partial charge in [-0.2, -0.15) is 0 Å². The van der Waals surface area contributed by atoms with E-state index in [-0.39, 0.29) is 0 Å². The Hall–Kier alpha value is -0.0800. The standard InChI is InChI=1S/C8H17NO.C3H8.C2H6/c1-3-8(4-5-10-2)6-9-7-8;1-3-2;1-2/h9H,3-7H2,1-2H3;3H2,1-2H3;1-2H3. The van der Waals surface area contributed by atoms with Crippen molar-refractivity contribution in [3.8, 4) is 0 Å². The van der Waals surface area contributed by atoms with Gasteiger partial charge in [-0.15, -0.1) is 0 Å². The van der Waals surface area contributed by atoms with Crippen molar-refractivity contribution in [2.45, 2.75) is 53.9 Å². The zero-order valence-corrected chi connectivity index (χ0v) is 11.7. The van der Waals surface area contributed by atoms with Crippen LogP contribution in [0.25, 0.3) is 0 Å². The van der Waals surface area contributed by atoms with E-state index >= 15 is 0 Å². The monoisotopic (exact) mass is 217 g/mol. The van der Waals surface area contributed by atoms with Crippen LogP contribution in [0.2, 0.25) is 0 Å². The van der Waals surface area contributed by atoms with Crippen molar-refractivity contribution in [3.63, 3.8) is 0 Å². The summed E-state index contributed by atoms with van der Waals surface area (Å²) in [4.78, 5) is 0. The predicted molar refractivity (Wildman–Crippen MR) is 69.4 cm³/mol. The molecular formula is C13H31NO. The van der Waals surface area contributed by atoms with E-state index in [1.807, 2.05) is 13.8 Å². The SMILES string of the molecule is CC.CCC.CCC1(CCOC)CNC1. The van der Waals surface area contributed by atoms with Crippen molar-refractivity contribution in [1.29, 1.82) is 0 Å². The molecule has 1 fully saturated rings. The molecule has 0 spiro atoms. The van der Waals surface area contributed by atoms with Gasteiger partial charge < -0.3 is 10.1 Å². The summed E-state index contributed by atoms with van der Waals surface area (Å²) in [7, 11) is 1.77. The molecule has 1 rings (SSSR count). The maximum absolute atomic E-state index is 5.05. The summed E-state index contributed by atoms with van der Waals surface area (Å²) in [6.45, 7) is 13.8. The molecule has 0 saturated carbocycles. The molecule has 0 radical (unpaired) electrons. The van der Waals surface area contributed by atoms with E-state index in [2.05, 4.69) is 26.1 Å². The van der Waals surface area contributed by atoms with Crippen LogP contribution < -0.4 is 5.32 Å². The Kier molecular flexibility index (Phi) is 13.8. The van der Waals surface area contributed by atoms with Gasteiger partial charge in [0.05, 0.1) is 0 Å². The molecule has 1 aliphatic heterocycles. The molecule has 0 aromatic heterocycles. The van der Waals surface area contributed by atoms with Gasteiger partial charge in [0.1, 0.15) is 0 Å². The van der Waals surface area contributed by atoms with E-state index < -0.39 is 0 Å². The first-order valence-electron chi connectivity index (χ1n) is 6.44. The Morgan fingerprint density at radius 1 is 1.13 bits per heavy atom. The summed E-state index contributed by atoms with van der Waals surface area (Å²) < 4.78 is 5.05. The molecule has 2 heteroatoms. The molecule has 1 saturated heterocycles. The topological polar surface area (TPSA) is 21.3 Å². The summed E-state index contributed by atoms with van der Waals surface area (Å²) in [6, 6.07) is 0. The smallest absolute Gasteiger partial charge is 0.0468 e. The van der Waals surface area contributed by atoms with Crippen LogP contribution in [-0.2, 0) is 4.74 Å².